The van der Waals surface area contributed by atoms with E-state index in [-0.39, 0.29) is 111 Å². The lowest BCUT2D eigenvalue weighted by atomic mass is 9.67. The van der Waals surface area contributed by atoms with Crippen LogP contribution < -0.4 is 50.8 Å². The molecule has 1 aliphatic carbocycles. The van der Waals surface area contributed by atoms with Crippen LogP contribution in [0.5, 0.6) is 23.0 Å². The molecule has 6 aliphatic rings. The van der Waals surface area contributed by atoms with Crippen molar-refractivity contribution in [3.63, 3.8) is 0 Å². The van der Waals surface area contributed by atoms with E-state index in [1.807, 2.05) is 6.92 Å². The Morgan fingerprint density at radius 3 is 2.11 bits per heavy atom. The van der Waals surface area contributed by atoms with Crippen molar-refractivity contribution in [2.24, 2.45) is 22.1 Å². The van der Waals surface area contributed by atoms with E-state index in [4.69, 9.17) is 29.4 Å². The number of amides is 10. The molecule has 5 atom stereocenters. The number of nitrogens with two attached hydrogens (primary N) is 1. The van der Waals surface area contributed by atoms with Gasteiger partial charge in [-0.25, -0.2) is 14.5 Å². The number of benzene rings is 3. The van der Waals surface area contributed by atoms with Crippen LogP contribution in [0.25, 0.3) is 0 Å². The van der Waals surface area contributed by atoms with E-state index in [1.54, 1.807) is 52.4 Å². The van der Waals surface area contributed by atoms with E-state index in [0.717, 1.165) is 15.4 Å². The minimum absolute atomic E-state index is 0.0313. The second-order valence-corrected chi connectivity index (χ2v) is 22.8. The number of urea groups is 1. The van der Waals surface area contributed by atoms with Gasteiger partial charge in [0.2, 0.25) is 17.7 Å². The summed E-state index contributed by atoms with van der Waals surface area (Å²) in [4.78, 5) is 129. The first-order valence-electron chi connectivity index (χ1n) is 29.6. The number of primary amides is 1. The number of aliphatic hydroxyl groups excluding tert-OH is 1. The number of unbranched alkanes of at least 4 members (excludes halogenated alkanes) is 4. The Bertz CT molecular complexity index is 3200. The zero-order chi connectivity index (χ0) is 61.9. The number of fused-ring (bicyclic) bond motifs is 4. The molecule has 10 amide bonds. The maximum atomic E-state index is 14.3. The van der Waals surface area contributed by atoms with Crippen molar-refractivity contribution in [3.05, 3.63) is 89.5 Å². The van der Waals surface area contributed by atoms with Crippen LogP contribution in [-0.2, 0) is 35.3 Å². The van der Waals surface area contributed by atoms with Crippen molar-refractivity contribution < 1.29 is 71.9 Å². The highest BCUT2D eigenvalue weighted by Crippen LogP contribution is 2.44. The van der Waals surface area contributed by atoms with Crippen molar-refractivity contribution in [1.29, 1.82) is 0 Å². The van der Waals surface area contributed by atoms with Crippen LogP contribution in [0, 0.1) is 11.3 Å². The number of rotatable bonds is 27. The van der Waals surface area contributed by atoms with E-state index >= 15 is 0 Å². The summed E-state index contributed by atoms with van der Waals surface area (Å²) in [5.41, 5.74) is 6.80. The molecule has 3 aromatic carbocycles. The van der Waals surface area contributed by atoms with Gasteiger partial charge < -0.3 is 65.6 Å². The Morgan fingerprint density at radius 2 is 1.45 bits per heavy atom. The van der Waals surface area contributed by atoms with Gasteiger partial charge in [-0.1, -0.05) is 37.6 Å². The fraction of sp³-hybridized carbons (Fsp3) is 0.484. The number of anilines is 2. The first-order chi connectivity index (χ1) is 41.9. The fourth-order valence-electron chi connectivity index (χ4n) is 11.7. The molecule has 7 N–H and O–H groups in total. The largest absolute Gasteiger partial charge is 0.493 e. The van der Waals surface area contributed by atoms with E-state index in [0.29, 0.717) is 111 Å². The van der Waals surface area contributed by atoms with Crippen LogP contribution in [0.1, 0.15) is 117 Å². The Kier molecular flexibility index (Phi) is 20.1. The second-order valence-electron chi connectivity index (χ2n) is 22.8. The minimum Gasteiger partial charge on any atom is -0.493 e. The molecule has 25 heteroatoms. The molecule has 3 aromatic rings. The van der Waals surface area contributed by atoms with Gasteiger partial charge >= 0.3 is 12.1 Å². The molecule has 2 saturated heterocycles. The Hall–Kier alpha value is -9.00. The molecule has 464 valence electrons. The predicted octanol–water partition coefficient (Wildman–Crippen LogP) is 5.40. The number of ether oxygens (including phenoxy) is 5. The number of aliphatic imine (C=N–C) groups is 1. The molecule has 25 nitrogen and oxygen atoms in total. The summed E-state index contributed by atoms with van der Waals surface area (Å²) in [5, 5.41) is 22.9. The van der Waals surface area contributed by atoms with Gasteiger partial charge in [-0.2, -0.15) is 0 Å². The van der Waals surface area contributed by atoms with Crippen LogP contribution in [0.4, 0.5) is 26.7 Å². The Labute approximate surface area is 503 Å². The quantitative estimate of drug-likeness (QED) is 0.0241. The molecule has 0 spiro atoms. The van der Waals surface area contributed by atoms with Crippen molar-refractivity contribution in [2.45, 2.75) is 121 Å². The SMILES string of the molecule is C=C1CC2C=Nc3cc(OCCCCCOc4cc5c(cc4OC)C(=O)N4CC(C)CC4C(O)N5C(=O)OCc4ccc(NC(=O)C(CCCNC(N)=O)NC(=O)C5(C(=O)NCCCCCN6C(=O)C=CC6=O)CCC5)cc4)c(OC)cc3C(=O)N2C1. The summed E-state index contributed by atoms with van der Waals surface area (Å²) in [6.07, 6.45) is 8.05. The minimum atomic E-state index is -1.49. The lowest BCUT2D eigenvalue weighted by Crippen LogP contribution is -2.58. The summed E-state index contributed by atoms with van der Waals surface area (Å²) in [6, 6.07) is 10.0. The van der Waals surface area contributed by atoms with Crippen molar-refractivity contribution in [1.82, 2.24) is 30.7 Å². The number of hydrogen-bond acceptors (Lipinski definition) is 16. The van der Waals surface area contributed by atoms with Gasteiger partial charge in [-0.15, -0.1) is 0 Å². The molecule has 3 fully saturated rings. The van der Waals surface area contributed by atoms with Gasteiger partial charge in [-0.05, 0) is 113 Å². The van der Waals surface area contributed by atoms with Crippen LogP contribution in [0.2, 0.25) is 0 Å². The molecule has 87 heavy (non-hydrogen) atoms. The molecule has 5 unspecified atom stereocenters. The Balaban J connectivity index is 0.795. The first kappa shape index (κ1) is 62.5. The van der Waals surface area contributed by atoms with Crippen molar-refractivity contribution >= 4 is 76.8 Å². The van der Waals surface area contributed by atoms with Gasteiger partial charge in [0.25, 0.3) is 23.6 Å². The third kappa shape index (κ3) is 14.3. The number of methoxy groups -OCH3 is 2. The van der Waals surface area contributed by atoms with Crippen molar-refractivity contribution in [2.75, 3.05) is 70.4 Å². The summed E-state index contributed by atoms with van der Waals surface area (Å²) in [6.45, 7) is 7.78. The van der Waals surface area contributed by atoms with Crippen LogP contribution in [-0.4, -0.2) is 164 Å². The average molecular weight is 1200 g/mol. The highest BCUT2D eigenvalue weighted by Gasteiger charge is 2.52. The summed E-state index contributed by atoms with van der Waals surface area (Å²) in [5.74, 6) is -1.50. The van der Waals surface area contributed by atoms with Gasteiger partial charge in [0.1, 0.15) is 18.1 Å². The molecule has 0 radical (unpaired) electrons. The number of nitrogens with zero attached hydrogens (tertiary/aromatic N) is 5. The zero-order valence-electron chi connectivity index (χ0n) is 49.3. The molecular formula is C62H76N10O15. The standard InChI is InChI=1S/C62H76N10O15/c1-37-27-41-33-66-45-31-50(48(83-3)29-42(45)55(76)70(41)34-37)85-25-9-6-10-26-86-51-32-46-43(30-49(51)84-4)56(77)71-35-38(2)28-47(71)57(78)72(46)61(82)87-36-39-14-16-40(17-15-39)67-54(75)44(13-11-23-65-60(63)81)68-59(80)62(20-12-21-62)58(79)64-22-7-5-8-24-69-52(73)18-19-53(69)74/h14-19,29-33,38,41,44,47,57,78H,1,5-13,20-28,34-36H2,2-4H3,(H,64,79)(H,67,75)(H,68,80)(H3,63,65,81). The molecule has 0 aromatic heterocycles. The maximum absolute atomic E-state index is 14.3. The normalized spacial score (nSPS) is 20.1. The van der Waals surface area contributed by atoms with Crippen LogP contribution in [0.15, 0.2) is 77.8 Å². The third-order valence-corrected chi connectivity index (χ3v) is 16.6. The van der Waals surface area contributed by atoms with Gasteiger partial charge in [0, 0.05) is 68.9 Å². The summed E-state index contributed by atoms with van der Waals surface area (Å²) in [7, 11) is 2.96. The molecule has 0 bridgehead atoms. The van der Waals surface area contributed by atoms with E-state index in [2.05, 4.69) is 32.8 Å². The number of nitrogens with one attached hydrogen (secondary N) is 4. The van der Waals surface area contributed by atoms with Gasteiger partial charge in [0.05, 0.1) is 62.0 Å². The molecule has 9 rings (SSSR count). The number of aliphatic hydroxyl groups is 1. The van der Waals surface area contributed by atoms with Gasteiger partial charge in [0.15, 0.2) is 29.2 Å². The number of imide groups is 1. The maximum Gasteiger partial charge on any atom is 0.416 e. The lowest BCUT2D eigenvalue weighted by Gasteiger charge is -2.39. The van der Waals surface area contributed by atoms with Gasteiger partial charge in [-0.3, -0.25) is 43.5 Å². The van der Waals surface area contributed by atoms with E-state index in [1.165, 1.54) is 38.5 Å². The molecule has 5 aliphatic heterocycles. The number of carbonyl (C=O) groups is 9. The first-order valence-corrected chi connectivity index (χ1v) is 29.6. The summed E-state index contributed by atoms with van der Waals surface area (Å²) >= 11 is 0. The zero-order valence-corrected chi connectivity index (χ0v) is 49.3. The van der Waals surface area contributed by atoms with Crippen LogP contribution >= 0.6 is 0 Å². The Morgan fingerprint density at radius 1 is 0.793 bits per heavy atom. The number of carbonyl (C=O) groups excluding carboxylic acids is 9. The predicted molar refractivity (Wildman–Crippen MR) is 318 cm³/mol. The molecule has 5 heterocycles. The second kappa shape index (κ2) is 28.0. The average Bonchev–Trinajstić information content (AvgIpc) is 1.84. The van der Waals surface area contributed by atoms with E-state index < -0.39 is 59.5 Å². The topological polar surface area (TPSA) is 319 Å². The number of hydrogen-bond donors (Lipinski definition) is 6. The molecular weight excluding hydrogens is 1120 g/mol. The molecule has 1 saturated carbocycles. The highest BCUT2D eigenvalue weighted by atomic mass is 16.6. The monoisotopic (exact) mass is 1200 g/mol. The smallest absolute Gasteiger partial charge is 0.416 e. The third-order valence-electron chi connectivity index (χ3n) is 16.6. The summed E-state index contributed by atoms with van der Waals surface area (Å²) < 4.78 is 29.5. The fourth-order valence-corrected chi connectivity index (χ4v) is 11.7. The van der Waals surface area contributed by atoms with E-state index in [9.17, 15) is 48.3 Å². The van der Waals surface area contributed by atoms with Crippen molar-refractivity contribution in [3.8, 4) is 23.0 Å². The highest BCUT2D eigenvalue weighted by molar-refractivity contribution is 6.13. The van der Waals surface area contributed by atoms with Crippen LogP contribution in [0.3, 0.4) is 0 Å². The lowest BCUT2D eigenvalue weighted by molar-refractivity contribution is -0.151.